The minimum absolute atomic E-state index is 0.0201. The van der Waals surface area contributed by atoms with Crippen molar-refractivity contribution in [1.29, 1.82) is 0 Å². The van der Waals surface area contributed by atoms with Crippen molar-refractivity contribution in [2.75, 3.05) is 20.2 Å². The number of carbonyl (C=O) groups is 2. The number of nitrogens with one attached hydrogen (secondary N) is 1. The predicted octanol–water partition coefficient (Wildman–Crippen LogP) is 1.54. The van der Waals surface area contributed by atoms with Crippen LogP contribution >= 0.6 is 0 Å². The van der Waals surface area contributed by atoms with Crippen molar-refractivity contribution in [1.82, 2.24) is 15.1 Å². The Labute approximate surface area is 139 Å². The summed E-state index contributed by atoms with van der Waals surface area (Å²) in [6, 6.07) is 8.94. The Balaban J connectivity index is 1.66. The second-order valence-corrected chi connectivity index (χ2v) is 5.84. The number of aromatic amines is 1. The third kappa shape index (κ3) is 3.10. The molecule has 1 fully saturated rings. The van der Waals surface area contributed by atoms with Crippen molar-refractivity contribution in [3.05, 3.63) is 47.3 Å². The van der Waals surface area contributed by atoms with Crippen LogP contribution in [-0.4, -0.2) is 47.1 Å². The lowest BCUT2D eigenvalue weighted by Gasteiger charge is -2.31. The van der Waals surface area contributed by atoms with E-state index >= 15 is 0 Å². The highest BCUT2D eigenvalue weighted by atomic mass is 16.5. The van der Waals surface area contributed by atoms with E-state index in [1.165, 1.54) is 0 Å². The molecular formula is C17H20N4O3. The first-order chi connectivity index (χ1) is 11.6. The third-order valence-corrected chi connectivity index (χ3v) is 4.41. The number of piperidine rings is 1. The molecule has 0 unspecified atom stereocenters. The molecule has 0 aliphatic carbocycles. The number of para-hydroxylation sites is 1. The van der Waals surface area contributed by atoms with Crippen molar-refractivity contribution < 1.29 is 14.3 Å². The summed E-state index contributed by atoms with van der Waals surface area (Å²) >= 11 is 0. The van der Waals surface area contributed by atoms with Gasteiger partial charge in [-0.2, -0.15) is 5.10 Å². The molecule has 3 N–H and O–H groups in total. The summed E-state index contributed by atoms with van der Waals surface area (Å²) in [5, 5.41) is 6.80. The van der Waals surface area contributed by atoms with Crippen LogP contribution in [0.2, 0.25) is 0 Å². The summed E-state index contributed by atoms with van der Waals surface area (Å²) in [5.74, 6) is 0.270. The van der Waals surface area contributed by atoms with E-state index < -0.39 is 5.91 Å². The maximum atomic E-state index is 12.7. The molecule has 1 aromatic carbocycles. The molecule has 1 saturated heterocycles. The molecule has 2 heterocycles. The Hall–Kier alpha value is -2.83. The maximum Gasteiger partial charge on any atom is 0.269 e. The summed E-state index contributed by atoms with van der Waals surface area (Å²) in [7, 11) is 1.56. The van der Waals surface area contributed by atoms with E-state index in [1.807, 2.05) is 17.0 Å². The van der Waals surface area contributed by atoms with Crippen molar-refractivity contribution >= 4 is 11.8 Å². The number of ether oxygens (including phenoxy) is 1. The number of hydrogen-bond donors (Lipinski definition) is 2. The molecule has 0 saturated carbocycles. The number of hydrogen-bond acceptors (Lipinski definition) is 4. The van der Waals surface area contributed by atoms with Crippen LogP contribution in [0.5, 0.6) is 5.75 Å². The van der Waals surface area contributed by atoms with Gasteiger partial charge in [-0.1, -0.05) is 12.1 Å². The van der Waals surface area contributed by atoms with E-state index in [9.17, 15) is 9.59 Å². The van der Waals surface area contributed by atoms with Crippen LogP contribution in [0.15, 0.2) is 30.3 Å². The number of nitrogens with zero attached hydrogens (tertiary/aromatic N) is 2. The van der Waals surface area contributed by atoms with E-state index in [-0.39, 0.29) is 17.5 Å². The fourth-order valence-electron chi connectivity index (χ4n) is 3.06. The highest BCUT2D eigenvalue weighted by molar-refractivity contribution is 5.97. The summed E-state index contributed by atoms with van der Waals surface area (Å²) in [5.41, 5.74) is 6.95. The zero-order valence-electron chi connectivity index (χ0n) is 13.5. The highest BCUT2D eigenvalue weighted by Gasteiger charge is 2.27. The van der Waals surface area contributed by atoms with Gasteiger partial charge in [-0.15, -0.1) is 0 Å². The fourth-order valence-corrected chi connectivity index (χ4v) is 3.06. The number of carbonyl (C=O) groups excluding carboxylic acids is 2. The molecule has 126 valence electrons. The number of likely N-dealkylation sites (tertiary alicyclic amines) is 1. The first-order valence-electron chi connectivity index (χ1n) is 7.87. The Morgan fingerprint density at radius 1 is 1.29 bits per heavy atom. The SMILES string of the molecule is COc1ccccc1C(=O)N1CCC(c2cc(C(N)=O)n[nH]2)CC1. The second-order valence-electron chi connectivity index (χ2n) is 5.84. The number of methoxy groups -OCH3 is 1. The molecule has 0 radical (unpaired) electrons. The molecule has 0 spiro atoms. The molecule has 0 atom stereocenters. The minimum Gasteiger partial charge on any atom is -0.496 e. The van der Waals surface area contributed by atoms with Gasteiger partial charge in [-0.3, -0.25) is 14.7 Å². The Bertz CT molecular complexity index is 748. The lowest BCUT2D eigenvalue weighted by Crippen LogP contribution is -2.38. The van der Waals surface area contributed by atoms with Crippen LogP contribution in [0.3, 0.4) is 0 Å². The molecular weight excluding hydrogens is 308 g/mol. The van der Waals surface area contributed by atoms with Gasteiger partial charge < -0.3 is 15.4 Å². The number of benzene rings is 1. The summed E-state index contributed by atoms with van der Waals surface area (Å²) in [4.78, 5) is 25.6. The molecule has 0 bridgehead atoms. The highest BCUT2D eigenvalue weighted by Crippen LogP contribution is 2.29. The van der Waals surface area contributed by atoms with Crippen LogP contribution < -0.4 is 10.5 Å². The number of rotatable bonds is 4. The van der Waals surface area contributed by atoms with Crippen LogP contribution in [0.25, 0.3) is 0 Å². The second kappa shape index (κ2) is 6.74. The number of primary amides is 1. The average Bonchev–Trinajstić information content (AvgIpc) is 3.11. The van der Waals surface area contributed by atoms with Gasteiger partial charge in [0, 0.05) is 24.7 Å². The molecule has 1 aliphatic heterocycles. The predicted molar refractivity (Wildman–Crippen MR) is 88.0 cm³/mol. The standard InChI is InChI=1S/C17H20N4O3/c1-24-15-5-3-2-4-12(15)17(23)21-8-6-11(7-9-21)13-10-14(16(18)22)20-19-13/h2-5,10-11H,6-9H2,1H3,(H2,18,22)(H,19,20). The monoisotopic (exact) mass is 328 g/mol. The zero-order chi connectivity index (χ0) is 17.1. The van der Waals surface area contributed by atoms with Gasteiger partial charge in [0.05, 0.1) is 12.7 Å². The van der Waals surface area contributed by atoms with Crippen LogP contribution in [0.1, 0.15) is 45.3 Å². The summed E-state index contributed by atoms with van der Waals surface area (Å²) in [6.07, 6.45) is 1.61. The molecule has 7 nitrogen and oxygen atoms in total. The first kappa shape index (κ1) is 16.0. The zero-order valence-corrected chi connectivity index (χ0v) is 13.5. The number of aromatic nitrogens is 2. The van der Waals surface area contributed by atoms with E-state index in [2.05, 4.69) is 10.2 Å². The van der Waals surface area contributed by atoms with Gasteiger partial charge in [0.25, 0.3) is 11.8 Å². The molecule has 24 heavy (non-hydrogen) atoms. The smallest absolute Gasteiger partial charge is 0.269 e. The number of nitrogens with two attached hydrogens (primary N) is 1. The van der Waals surface area contributed by atoms with E-state index in [1.54, 1.807) is 25.3 Å². The normalized spacial score (nSPS) is 15.3. The van der Waals surface area contributed by atoms with Crippen molar-refractivity contribution in [3.63, 3.8) is 0 Å². The minimum atomic E-state index is -0.540. The molecule has 2 amide bonds. The van der Waals surface area contributed by atoms with Gasteiger partial charge in [0.2, 0.25) is 0 Å². The van der Waals surface area contributed by atoms with Crippen LogP contribution in [0, 0.1) is 0 Å². The van der Waals surface area contributed by atoms with Crippen molar-refractivity contribution in [2.45, 2.75) is 18.8 Å². The summed E-state index contributed by atoms with van der Waals surface area (Å²) < 4.78 is 5.27. The molecule has 1 aromatic heterocycles. The van der Waals surface area contributed by atoms with Gasteiger partial charge in [-0.05, 0) is 31.0 Å². The first-order valence-corrected chi connectivity index (χ1v) is 7.87. The van der Waals surface area contributed by atoms with E-state index in [4.69, 9.17) is 10.5 Å². The van der Waals surface area contributed by atoms with E-state index in [0.717, 1.165) is 18.5 Å². The number of amides is 2. The Kier molecular flexibility index (Phi) is 4.50. The average molecular weight is 328 g/mol. The summed E-state index contributed by atoms with van der Waals surface area (Å²) in [6.45, 7) is 1.29. The topological polar surface area (TPSA) is 101 Å². The van der Waals surface area contributed by atoms with Gasteiger partial charge in [0.15, 0.2) is 0 Å². The lowest BCUT2D eigenvalue weighted by molar-refractivity contribution is 0.0708. The fraction of sp³-hybridized carbons (Fsp3) is 0.353. The van der Waals surface area contributed by atoms with Gasteiger partial charge in [0.1, 0.15) is 11.4 Å². The number of H-pyrrole nitrogens is 1. The molecule has 7 heteroatoms. The molecule has 1 aliphatic rings. The van der Waals surface area contributed by atoms with Crippen LogP contribution in [-0.2, 0) is 0 Å². The Morgan fingerprint density at radius 3 is 2.62 bits per heavy atom. The third-order valence-electron chi connectivity index (χ3n) is 4.41. The van der Waals surface area contributed by atoms with Crippen LogP contribution in [0.4, 0.5) is 0 Å². The van der Waals surface area contributed by atoms with Crippen molar-refractivity contribution in [2.24, 2.45) is 5.73 Å². The maximum absolute atomic E-state index is 12.7. The largest absolute Gasteiger partial charge is 0.496 e. The molecule has 2 aromatic rings. The lowest BCUT2D eigenvalue weighted by atomic mass is 9.93. The Morgan fingerprint density at radius 2 is 2.00 bits per heavy atom. The van der Waals surface area contributed by atoms with E-state index in [0.29, 0.717) is 24.4 Å². The van der Waals surface area contributed by atoms with Gasteiger partial charge >= 0.3 is 0 Å². The quantitative estimate of drug-likeness (QED) is 0.888. The van der Waals surface area contributed by atoms with Gasteiger partial charge in [-0.25, -0.2) is 0 Å². The van der Waals surface area contributed by atoms with Crippen molar-refractivity contribution in [3.8, 4) is 5.75 Å². The molecule has 3 rings (SSSR count).